The van der Waals surface area contributed by atoms with Gasteiger partial charge in [0.15, 0.2) is 0 Å². The average Bonchev–Trinajstić information content (AvgIpc) is 2.07. The van der Waals surface area contributed by atoms with Gasteiger partial charge < -0.3 is 10.6 Å². The Kier molecular flexibility index (Phi) is 13.9. The molecule has 3 heteroatoms. The van der Waals surface area contributed by atoms with E-state index in [0.717, 1.165) is 0 Å². The smallest absolute Gasteiger partial charge is 2.00 e. The molecule has 0 heterocycles. The summed E-state index contributed by atoms with van der Waals surface area (Å²) in [7, 11) is 0. The summed E-state index contributed by atoms with van der Waals surface area (Å²) in [5, 5.41) is 10.1. The Morgan fingerprint density at radius 1 is 1.08 bits per heavy atom. The maximum absolute atomic E-state index is 10.1. The van der Waals surface area contributed by atoms with Gasteiger partial charge in [-0.25, -0.2) is 12.1 Å². The summed E-state index contributed by atoms with van der Waals surface area (Å²) >= 11 is 0. The summed E-state index contributed by atoms with van der Waals surface area (Å²) in [5.74, 6) is 0. The third-order valence-corrected chi connectivity index (χ3v) is 0.556. The monoisotopic (exact) mass is 244 g/mol. The van der Waals surface area contributed by atoms with E-state index in [0.29, 0.717) is 0 Å². The Morgan fingerprint density at radius 2 is 1.33 bits per heavy atom. The van der Waals surface area contributed by atoms with Gasteiger partial charge in [0.05, 0.1) is 0 Å². The van der Waals surface area contributed by atoms with Gasteiger partial charge in [0.25, 0.3) is 0 Å². The molecular formula is C9H14O2Zr. The molecule has 0 aliphatic carbocycles. The molecule has 12 heavy (non-hydrogen) atoms. The predicted octanol–water partition coefficient (Wildman–Crippen LogP) is 1.43. The largest absolute Gasteiger partial charge is 4.00 e. The molecule has 0 N–H and O–H groups in total. The van der Waals surface area contributed by atoms with Gasteiger partial charge in [-0.1, -0.05) is 20.8 Å². The summed E-state index contributed by atoms with van der Waals surface area (Å²) in [4.78, 5) is 0. The Bertz CT molecular complexity index is 119. The molecule has 0 atom stereocenters. The van der Waals surface area contributed by atoms with Gasteiger partial charge in [-0.2, -0.15) is 18.2 Å². The molecule has 66 valence electrons. The third-order valence-electron chi connectivity index (χ3n) is 0.556. The van der Waals surface area contributed by atoms with Crippen LogP contribution in [0.25, 0.3) is 0 Å². The Morgan fingerprint density at radius 3 is 1.42 bits per heavy atom. The van der Waals surface area contributed by atoms with Crippen LogP contribution >= 0.6 is 0 Å². The summed E-state index contributed by atoms with van der Waals surface area (Å²) < 4.78 is 0. The molecule has 0 saturated carbocycles. The molecule has 0 bridgehead atoms. The van der Waals surface area contributed by atoms with Crippen molar-refractivity contribution in [2.45, 2.75) is 26.4 Å². The summed E-state index contributed by atoms with van der Waals surface area (Å²) in [6.45, 7) is 4.90. The van der Waals surface area contributed by atoms with Gasteiger partial charge in [0, 0.05) is 0 Å². The third kappa shape index (κ3) is 32.0. The average molecular weight is 245 g/mol. The van der Waals surface area contributed by atoms with E-state index in [1.807, 2.05) is 30.3 Å². The Balaban J connectivity index is -0.000000116. The first-order valence-electron chi connectivity index (χ1n) is 3.37. The summed E-state index contributed by atoms with van der Waals surface area (Å²) in [6.07, 6.45) is 0. The first-order chi connectivity index (χ1) is 4.50. The number of hydrogen-bond acceptors (Lipinski definition) is 1. The maximum atomic E-state index is 10.1. The van der Waals surface area contributed by atoms with E-state index in [-0.39, 0.29) is 31.7 Å². The van der Waals surface area contributed by atoms with Gasteiger partial charge in [-0.3, -0.25) is 0 Å². The molecular weight excluding hydrogens is 231 g/mol. The van der Waals surface area contributed by atoms with Crippen molar-refractivity contribution < 1.29 is 36.8 Å². The van der Waals surface area contributed by atoms with Crippen molar-refractivity contribution in [2.75, 3.05) is 0 Å². The zero-order valence-electron chi connectivity index (χ0n) is 7.70. The van der Waals surface area contributed by atoms with Crippen LogP contribution in [0, 0.1) is 0 Å². The first kappa shape index (κ1) is 18.0. The molecule has 0 amide bonds. The Hall–Kier alpha value is 0.153. The SMILES string of the molecule is CC(C)(C)[O-].[O-2].[Zr+4].c1cc[cH-]c1. The van der Waals surface area contributed by atoms with Crippen molar-refractivity contribution in [3.8, 4) is 0 Å². The topological polar surface area (TPSA) is 51.6 Å². The van der Waals surface area contributed by atoms with Crippen LogP contribution in [0.1, 0.15) is 20.8 Å². The molecule has 0 radical (unpaired) electrons. The van der Waals surface area contributed by atoms with E-state index in [1.165, 1.54) is 0 Å². The fourth-order valence-electron chi connectivity index (χ4n) is 0.321. The van der Waals surface area contributed by atoms with Gasteiger partial charge >= 0.3 is 26.2 Å². The molecule has 0 spiro atoms. The van der Waals surface area contributed by atoms with Crippen molar-refractivity contribution in [2.24, 2.45) is 0 Å². The van der Waals surface area contributed by atoms with E-state index < -0.39 is 5.60 Å². The Labute approximate surface area is 93.4 Å². The second kappa shape index (κ2) is 9.24. The van der Waals surface area contributed by atoms with Crippen LogP contribution in [0.5, 0.6) is 0 Å². The summed E-state index contributed by atoms with van der Waals surface area (Å²) in [6, 6.07) is 10.0. The van der Waals surface area contributed by atoms with Crippen molar-refractivity contribution >= 4 is 0 Å². The van der Waals surface area contributed by atoms with Gasteiger partial charge in [-0.15, -0.1) is 5.60 Å². The van der Waals surface area contributed by atoms with Crippen LogP contribution in [0.15, 0.2) is 30.3 Å². The zero-order valence-corrected chi connectivity index (χ0v) is 10.2. The van der Waals surface area contributed by atoms with E-state index in [2.05, 4.69) is 0 Å². The van der Waals surface area contributed by atoms with E-state index in [9.17, 15) is 5.11 Å². The van der Waals surface area contributed by atoms with Crippen LogP contribution in [-0.4, -0.2) is 5.60 Å². The summed E-state index contributed by atoms with van der Waals surface area (Å²) in [5.41, 5.74) is -0.750. The van der Waals surface area contributed by atoms with Crippen LogP contribution in [0.4, 0.5) is 0 Å². The number of hydrogen-bond donors (Lipinski definition) is 0. The van der Waals surface area contributed by atoms with Crippen LogP contribution in [0.3, 0.4) is 0 Å². The molecule has 2 nitrogen and oxygen atoms in total. The molecule has 0 aromatic heterocycles. The fraction of sp³-hybridized carbons (Fsp3) is 0.444. The zero-order chi connectivity index (χ0) is 8.04. The van der Waals surface area contributed by atoms with Crippen molar-refractivity contribution in [3.05, 3.63) is 30.3 Å². The minimum atomic E-state index is -0.750. The molecule has 0 saturated heterocycles. The quantitative estimate of drug-likeness (QED) is 0.638. The fourth-order valence-corrected chi connectivity index (χ4v) is 0.321. The van der Waals surface area contributed by atoms with Crippen molar-refractivity contribution in [1.29, 1.82) is 0 Å². The van der Waals surface area contributed by atoms with E-state index >= 15 is 0 Å². The normalized spacial score (nSPS) is 8.33. The standard InChI is InChI=1S/C5H5.C4H9O.O.Zr/c1-2-4-5-3-1;1-4(2,3)5;;/h1-5H;1-3H3;;/q2*-1;-2;+4. The minimum absolute atomic E-state index is 0. The van der Waals surface area contributed by atoms with Crippen molar-refractivity contribution in [1.82, 2.24) is 0 Å². The molecule has 0 unspecified atom stereocenters. The van der Waals surface area contributed by atoms with E-state index in [1.54, 1.807) is 20.8 Å². The van der Waals surface area contributed by atoms with Gasteiger partial charge in [0.1, 0.15) is 0 Å². The molecule has 1 aromatic rings. The molecule has 0 aliphatic heterocycles. The van der Waals surface area contributed by atoms with Crippen molar-refractivity contribution in [3.63, 3.8) is 0 Å². The molecule has 1 rings (SSSR count). The molecule has 1 aromatic carbocycles. The second-order valence-electron chi connectivity index (χ2n) is 3.07. The van der Waals surface area contributed by atoms with Crippen LogP contribution in [-0.2, 0) is 31.7 Å². The van der Waals surface area contributed by atoms with Gasteiger partial charge in [-0.05, 0) is 0 Å². The minimum Gasteiger partial charge on any atom is -2.00 e. The van der Waals surface area contributed by atoms with Gasteiger partial charge in [0.2, 0.25) is 0 Å². The van der Waals surface area contributed by atoms with Crippen LogP contribution < -0.4 is 5.11 Å². The first-order valence-corrected chi connectivity index (χ1v) is 3.37. The predicted molar refractivity (Wildman–Crippen MR) is 42.5 cm³/mol. The number of rotatable bonds is 0. The van der Waals surface area contributed by atoms with Crippen LogP contribution in [0.2, 0.25) is 0 Å². The van der Waals surface area contributed by atoms with E-state index in [4.69, 9.17) is 0 Å². The maximum Gasteiger partial charge on any atom is 4.00 e. The second-order valence-corrected chi connectivity index (χ2v) is 3.07. The molecule has 0 fully saturated rings. The molecule has 0 aliphatic rings.